The van der Waals surface area contributed by atoms with Gasteiger partial charge in [0.25, 0.3) is 0 Å². The topological polar surface area (TPSA) is 0 Å². The van der Waals surface area contributed by atoms with Gasteiger partial charge in [-0.3, -0.25) is 0 Å². The van der Waals surface area contributed by atoms with Gasteiger partial charge in [-0.2, -0.15) is 0 Å². The Bertz CT molecular complexity index is 485. The van der Waals surface area contributed by atoms with Gasteiger partial charge in [-0.05, 0) is 0 Å². The average molecular weight is 487 g/mol. The molecule has 0 aliphatic rings. The summed E-state index contributed by atoms with van der Waals surface area (Å²) in [5.74, 6) is 8.71. The SMILES string of the molecule is C[Si](C)(C)C(C#CC([Si](C)(C)C)([Si](C)(C)C)[Si](C)(C)C)([Si](C)(C)C)[Si](C)(C)C. The summed E-state index contributed by atoms with van der Waals surface area (Å²) in [6, 6.07) is 0. The summed E-state index contributed by atoms with van der Waals surface area (Å²) in [5, 5.41) is 0. The van der Waals surface area contributed by atoms with E-state index in [0.717, 1.165) is 0 Å². The third-order valence-electron chi connectivity index (χ3n) is 7.19. The van der Waals surface area contributed by atoms with Gasteiger partial charge >= 0.3 is 0 Å². The molecule has 0 saturated heterocycles. The monoisotopic (exact) mass is 486 g/mol. The Morgan fingerprint density at radius 1 is 0.286 bits per heavy atom. The van der Waals surface area contributed by atoms with Crippen molar-refractivity contribution in [3.63, 3.8) is 0 Å². The highest BCUT2D eigenvalue weighted by molar-refractivity contribution is 7.17. The smallest absolute Gasteiger partial charge is 0.0583 e. The summed E-state index contributed by atoms with van der Waals surface area (Å²) in [6.07, 6.45) is 0. The maximum absolute atomic E-state index is 4.35. The van der Waals surface area contributed by atoms with Crippen LogP contribution in [0.25, 0.3) is 0 Å². The fourth-order valence-corrected chi connectivity index (χ4v) is 64.7. The summed E-state index contributed by atoms with van der Waals surface area (Å²) in [7, 11) is -8.93. The van der Waals surface area contributed by atoms with Gasteiger partial charge in [0, 0.05) is 8.57 Å². The second-order valence-electron chi connectivity index (χ2n) is 15.2. The highest BCUT2D eigenvalue weighted by atomic mass is 28.5. The molecule has 28 heavy (non-hydrogen) atoms. The second kappa shape index (κ2) is 7.77. The molecular formula is C22H54Si6. The maximum atomic E-state index is 4.35. The van der Waals surface area contributed by atoms with E-state index in [0.29, 0.717) is 8.57 Å². The van der Waals surface area contributed by atoms with Crippen molar-refractivity contribution < 1.29 is 0 Å². The van der Waals surface area contributed by atoms with E-state index in [1.807, 2.05) is 0 Å². The highest BCUT2D eigenvalue weighted by Crippen LogP contribution is 2.57. The van der Waals surface area contributed by atoms with Crippen molar-refractivity contribution in [3.05, 3.63) is 0 Å². The molecule has 0 aromatic heterocycles. The molecule has 6 heteroatoms. The van der Waals surface area contributed by atoms with Gasteiger partial charge in [0.1, 0.15) is 0 Å². The molecule has 0 nitrogen and oxygen atoms in total. The van der Waals surface area contributed by atoms with Crippen LogP contribution >= 0.6 is 0 Å². The van der Waals surface area contributed by atoms with Crippen LogP contribution in [0.2, 0.25) is 126 Å². The lowest BCUT2D eigenvalue weighted by Crippen LogP contribution is -2.67. The standard InChI is InChI=1S/C22H54Si6/c1-23(2,3)21(24(4,5)6,25(7,8)9)19-20-22(26(10,11)12,27(13,14)15)28(16,17)18/h1-18H3. The van der Waals surface area contributed by atoms with Crippen molar-refractivity contribution in [2.45, 2.75) is 126 Å². The van der Waals surface area contributed by atoms with Crippen molar-refractivity contribution in [2.24, 2.45) is 0 Å². The molecule has 0 aliphatic heterocycles. The lowest BCUT2D eigenvalue weighted by Gasteiger charge is -2.58. The Kier molecular flexibility index (Phi) is 8.01. The third-order valence-corrected chi connectivity index (χ3v) is 48.4. The Morgan fingerprint density at radius 3 is 0.464 bits per heavy atom. The Morgan fingerprint density at radius 2 is 0.393 bits per heavy atom. The van der Waals surface area contributed by atoms with E-state index in [9.17, 15) is 0 Å². The number of hydrogen-bond donors (Lipinski definition) is 0. The third kappa shape index (κ3) is 4.69. The van der Waals surface area contributed by atoms with Crippen molar-refractivity contribution in [2.75, 3.05) is 0 Å². The van der Waals surface area contributed by atoms with Gasteiger partial charge < -0.3 is 0 Å². The first-order chi connectivity index (χ1) is 11.7. The van der Waals surface area contributed by atoms with Crippen molar-refractivity contribution in [3.8, 4) is 11.8 Å². The number of rotatable bonds is 6. The minimum Gasteiger partial charge on any atom is -0.106 e. The zero-order valence-corrected chi connectivity index (χ0v) is 29.0. The summed E-state index contributed by atoms with van der Waals surface area (Å²) in [5.41, 5.74) is 0. The van der Waals surface area contributed by atoms with Crippen LogP contribution in [0.3, 0.4) is 0 Å². The minimum atomic E-state index is -1.49. The van der Waals surface area contributed by atoms with Gasteiger partial charge in [-0.25, -0.2) is 0 Å². The molecule has 0 rings (SSSR count). The van der Waals surface area contributed by atoms with Gasteiger partial charge in [0.15, 0.2) is 0 Å². The van der Waals surface area contributed by atoms with Crippen LogP contribution < -0.4 is 0 Å². The van der Waals surface area contributed by atoms with Gasteiger partial charge in [0.05, 0.1) is 48.4 Å². The zero-order valence-electron chi connectivity index (χ0n) is 23.0. The maximum Gasteiger partial charge on any atom is 0.0583 e. The quantitative estimate of drug-likeness (QED) is 0.260. The van der Waals surface area contributed by atoms with Crippen LogP contribution in [-0.2, 0) is 0 Å². The summed E-state index contributed by atoms with van der Waals surface area (Å²) >= 11 is 0. The molecule has 0 unspecified atom stereocenters. The first-order valence-corrected chi connectivity index (χ1v) is 32.2. The summed E-state index contributed by atoms with van der Waals surface area (Å²) in [4.78, 5) is 0. The lowest BCUT2D eigenvalue weighted by atomic mass is 10.6. The van der Waals surface area contributed by atoms with Crippen LogP contribution in [0.5, 0.6) is 0 Å². The van der Waals surface area contributed by atoms with Crippen LogP contribution in [0.1, 0.15) is 0 Å². The molecule has 0 aromatic carbocycles. The molecule has 0 atom stereocenters. The van der Waals surface area contributed by atoms with Crippen LogP contribution in [-0.4, -0.2) is 48.4 Å². The molecule has 0 heterocycles. The lowest BCUT2D eigenvalue weighted by molar-refractivity contribution is 1.13. The molecule has 0 N–H and O–H groups in total. The molecule has 0 saturated carbocycles. The van der Waals surface area contributed by atoms with Crippen LogP contribution in [0, 0.1) is 11.8 Å². The molecule has 0 fully saturated rings. The summed E-state index contributed by atoms with van der Waals surface area (Å²) < 4.78 is 0.689. The van der Waals surface area contributed by atoms with Crippen LogP contribution in [0.15, 0.2) is 0 Å². The molecule has 166 valence electrons. The Labute approximate surface area is 186 Å². The molecule has 0 radical (unpaired) electrons. The molecule has 0 amide bonds. The fourth-order valence-electron chi connectivity index (χ4n) is 8.06. The summed E-state index contributed by atoms with van der Waals surface area (Å²) in [6.45, 7) is 47.2. The first-order valence-electron chi connectivity index (χ1n) is 11.2. The van der Waals surface area contributed by atoms with Crippen molar-refractivity contribution >= 4 is 48.4 Å². The van der Waals surface area contributed by atoms with Gasteiger partial charge in [0.2, 0.25) is 0 Å². The van der Waals surface area contributed by atoms with E-state index in [4.69, 9.17) is 0 Å². The Balaban J connectivity index is 7.58. The van der Waals surface area contributed by atoms with E-state index in [1.165, 1.54) is 0 Å². The average Bonchev–Trinajstić information content (AvgIpc) is 2.23. The van der Waals surface area contributed by atoms with Crippen molar-refractivity contribution in [1.29, 1.82) is 0 Å². The van der Waals surface area contributed by atoms with Crippen LogP contribution in [0.4, 0.5) is 0 Å². The fraction of sp³-hybridized carbons (Fsp3) is 0.909. The minimum absolute atomic E-state index is 0.344. The zero-order chi connectivity index (χ0) is 23.4. The van der Waals surface area contributed by atoms with Gasteiger partial charge in [-0.15, -0.1) is 11.8 Å². The van der Waals surface area contributed by atoms with E-state index >= 15 is 0 Å². The molecule has 0 aliphatic carbocycles. The largest absolute Gasteiger partial charge is 0.106 e. The van der Waals surface area contributed by atoms with E-state index in [2.05, 4.69) is 130 Å². The van der Waals surface area contributed by atoms with Gasteiger partial charge in [-0.1, -0.05) is 118 Å². The Hall–Kier alpha value is 0.861. The molecule has 0 aromatic rings. The predicted octanol–water partition coefficient (Wildman–Crippen LogP) is 8.66. The highest BCUT2D eigenvalue weighted by Gasteiger charge is 2.62. The molecule has 0 spiro atoms. The number of hydrogen-bond acceptors (Lipinski definition) is 0. The van der Waals surface area contributed by atoms with E-state index < -0.39 is 48.4 Å². The first kappa shape index (κ1) is 28.9. The van der Waals surface area contributed by atoms with E-state index in [1.54, 1.807) is 0 Å². The van der Waals surface area contributed by atoms with Crippen molar-refractivity contribution in [1.82, 2.24) is 0 Å². The van der Waals surface area contributed by atoms with E-state index in [-0.39, 0.29) is 0 Å². The molecule has 0 bridgehead atoms. The normalized spacial score (nSPS) is 15.9. The predicted molar refractivity (Wildman–Crippen MR) is 153 cm³/mol. The second-order valence-corrected chi connectivity index (χ2v) is 49.8. The molecular weight excluding hydrogens is 433 g/mol.